The van der Waals surface area contributed by atoms with Crippen molar-refractivity contribution in [1.82, 2.24) is 14.5 Å². The first kappa shape index (κ1) is 17.7. The summed E-state index contributed by atoms with van der Waals surface area (Å²) in [5.41, 5.74) is 1.68. The third-order valence-corrected chi connectivity index (χ3v) is 3.77. The molecule has 6 heteroatoms. The van der Waals surface area contributed by atoms with Crippen LogP contribution in [0.4, 0.5) is 0 Å². The molecule has 1 amide bonds. The van der Waals surface area contributed by atoms with E-state index in [9.17, 15) is 9.59 Å². The molecule has 6 nitrogen and oxygen atoms in total. The Labute approximate surface area is 142 Å². The summed E-state index contributed by atoms with van der Waals surface area (Å²) in [5, 5.41) is 0. The molecule has 0 atom stereocenters. The van der Waals surface area contributed by atoms with Crippen molar-refractivity contribution in [2.24, 2.45) is 0 Å². The first-order valence-electron chi connectivity index (χ1n) is 7.98. The SMILES string of the molecule is COC(=O)CCN(CCCn1ccnc1)C(=O)c1cccc(C)c1. The Morgan fingerprint density at radius 2 is 2.12 bits per heavy atom. The summed E-state index contributed by atoms with van der Waals surface area (Å²) in [5.74, 6) is -0.375. The van der Waals surface area contributed by atoms with Crippen LogP contribution in [0.5, 0.6) is 0 Å². The fraction of sp³-hybridized carbons (Fsp3) is 0.389. The Bertz CT molecular complexity index is 668. The van der Waals surface area contributed by atoms with Gasteiger partial charge in [0.1, 0.15) is 0 Å². The van der Waals surface area contributed by atoms with Gasteiger partial charge in [-0.15, -0.1) is 0 Å². The predicted molar refractivity (Wildman–Crippen MR) is 90.6 cm³/mol. The number of amides is 1. The molecular formula is C18H23N3O3. The van der Waals surface area contributed by atoms with E-state index in [1.165, 1.54) is 7.11 Å². The third-order valence-electron chi connectivity index (χ3n) is 3.77. The van der Waals surface area contributed by atoms with Crippen LogP contribution in [0.15, 0.2) is 43.0 Å². The van der Waals surface area contributed by atoms with E-state index in [2.05, 4.69) is 9.72 Å². The van der Waals surface area contributed by atoms with Crippen LogP contribution in [0.3, 0.4) is 0 Å². The zero-order valence-electron chi connectivity index (χ0n) is 14.1. The Morgan fingerprint density at radius 1 is 1.29 bits per heavy atom. The molecule has 0 radical (unpaired) electrons. The summed E-state index contributed by atoms with van der Waals surface area (Å²) in [4.78, 5) is 29.9. The third kappa shape index (κ3) is 5.22. The highest BCUT2D eigenvalue weighted by atomic mass is 16.5. The van der Waals surface area contributed by atoms with Crippen molar-refractivity contribution in [1.29, 1.82) is 0 Å². The van der Waals surface area contributed by atoms with Crippen LogP contribution in [0.25, 0.3) is 0 Å². The molecule has 2 aromatic rings. The van der Waals surface area contributed by atoms with Gasteiger partial charge >= 0.3 is 5.97 Å². The second-order valence-electron chi connectivity index (χ2n) is 5.64. The van der Waals surface area contributed by atoms with Crippen molar-refractivity contribution in [3.8, 4) is 0 Å². The maximum atomic E-state index is 12.7. The second-order valence-corrected chi connectivity index (χ2v) is 5.64. The Balaban J connectivity index is 2.00. The van der Waals surface area contributed by atoms with Gasteiger partial charge in [0.2, 0.25) is 0 Å². The molecule has 1 heterocycles. The van der Waals surface area contributed by atoms with Crippen molar-refractivity contribution in [2.75, 3.05) is 20.2 Å². The van der Waals surface area contributed by atoms with Gasteiger partial charge in [-0.2, -0.15) is 0 Å². The molecule has 0 saturated heterocycles. The number of ether oxygens (including phenoxy) is 1. The van der Waals surface area contributed by atoms with Crippen LogP contribution in [0, 0.1) is 6.92 Å². The fourth-order valence-electron chi connectivity index (χ4n) is 2.47. The van der Waals surface area contributed by atoms with Crippen LogP contribution in [-0.2, 0) is 16.1 Å². The Kier molecular flexibility index (Phi) is 6.54. The van der Waals surface area contributed by atoms with E-state index in [4.69, 9.17) is 0 Å². The van der Waals surface area contributed by atoms with Gasteiger partial charge in [-0.1, -0.05) is 17.7 Å². The zero-order chi connectivity index (χ0) is 17.4. The summed E-state index contributed by atoms with van der Waals surface area (Å²) in [6.07, 6.45) is 6.35. The number of methoxy groups -OCH3 is 1. The number of nitrogens with zero attached hydrogens (tertiary/aromatic N) is 3. The zero-order valence-corrected chi connectivity index (χ0v) is 14.1. The number of carbonyl (C=O) groups excluding carboxylic acids is 2. The van der Waals surface area contributed by atoms with Crippen molar-refractivity contribution in [2.45, 2.75) is 26.3 Å². The molecule has 0 N–H and O–H groups in total. The molecule has 0 aliphatic rings. The standard InChI is InChI=1S/C18H23N3O3/c1-15-5-3-6-16(13-15)18(23)21(11-7-17(22)24-2)10-4-9-20-12-8-19-14-20/h3,5-6,8,12-14H,4,7,9-11H2,1-2H3. The number of hydrogen-bond donors (Lipinski definition) is 0. The quantitative estimate of drug-likeness (QED) is 0.697. The van der Waals surface area contributed by atoms with E-state index in [-0.39, 0.29) is 18.3 Å². The van der Waals surface area contributed by atoms with E-state index in [0.717, 1.165) is 18.5 Å². The maximum Gasteiger partial charge on any atom is 0.307 e. The lowest BCUT2D eigenvalue weighted by atomic mass is 10.1. The van der Waals surface area contributed by atoms with E-state index < -0.39 is 0 Å². The fourth-order valence-corrected chi connectivity index (χ4v) is 2.47. The van der Waals surface area contributed by atoms with Crippen LogP contribution >= 0.6 is 0 Å². The van der Waals surface area contributed by atoms with Crippen LogP contribution in [0.1, 0.15) is 28.8 Å². The molecule has 0 bridgehead atoms. The lowest BCUT2D eigenvalue weighted by Gasteiger charge is -2.22. The lowest BCUT2D eigenvalue weighted by Crippen LogP contribution is -2.34. The van der Waals surface area contributed by atoms with E-state index in [0.29, 0.717) is 18.7 Å². The average molecular weight is 329 g/mol. The molecule has 0 aliphatic heterocycles. The smallest absolute Gasteiger partial charge is 0.307 e. The highest BCUT2D eigenvalue weighted by Crippen LogP contribution is 2.10. The molecule has 0 saturated carbocycles. The summed E-state index contributed by atoms with van der Waals surface area (Å²) < 4.78 is 6.65. The van der Waals surface area contributed by atoms with Crippen molar-refractivity contribution < 1.29 is 14.3 Å². The lowest BCUT2D eigenvalue weighted by molar-refractivity contribution is -0.140. The first-order valence-corrected chi connectivity index (χ1v) is 7.98. The molecule has 0 unspecified atom stereocenters. The number of benzene rings is 1. The maximum absolute atomic E-state index is 12.7. The normalized spacial score (nSPS) is 10.4. The highest BCUT2D eigenvalue weighted by molar-refractivity contribution is 5.94. The summed E-state index contributed by atoms with van der Waals surface area (Å²) in [6, 6.07) is 7.49. The molecule has 0 spiro atoms. The molecule has 1 aromatic carbocycles. The Hall–Kier alpha value is -2.63. The number of hydrogen-bond acceptors (Lipinski definition) is 4. The van der Waals surface area contributed by atoms with E-state index in [1.807, 2.05) is 35.9 Å². The number of rotatable bonds is 8. The Morgan fingerprint density at radius 3 is 2.79 bits per heavy atom. The van der Waals surface area contributed by atoms with Gasteiger partial charge in [-0.3, -0.25) is 9.59 Å². The van der Waals surface area contributed by atoms with Crippen molar-refractivity contribution in [3.63, 3.8) is 0 Å². The molecule has 24 heavy (non-hydrogen) atoms. The van der Waals surface area contributed by atoms with Crippen LogP contribution in [-0.4, -0.2) is 46.5 Å². The highest BCUT2D eigenvalue weighted by Gasteiger charge is 2.17. The van der Waals surface area contributed by atoms with Crippen LogP contribution < -0.4 is 0 Å². The molecule has 1 aromatic heterocycles. The van der Waals surface area contributed by atoms with Gasteiger partial charge in [0, 0.05) is 37.6 Å². The number of imidazole rings is 1. The summed E-state index contributed by atoms with van der Waals surface area (Å²) >= 11 is 0. The number of carbonyl (C=O) groups is 2. The number of esters is 1. The van der Waals surface area contributed by atoms with E-state index in [1.54, 1.807) is 23.5 Å². The summed E-state index contributed by atoms with van der Waals surface area (Å²) in [7, 11) is 1.36. The van der Waals surface area contributed by atoms with Crippen molar-refractivity contribution in [3.05, 3.63) is 54.1 Å². The second kappa shape index (κ2) is 8.86. The molecule has 0 fully saturated rings. The molecule has 2 rings (SSSR count). The van der Waals surface area contributed by atoms with Crippen molar-refractivity contribution >= 4 is 11.9 Å². The number of aromatic nitrogens is 2. The number of aryl methyl sites for hydroxylation is 2. The molecule has 0 aliphatic carbocycles. The predicted octanol–water partition coefficient (Wildman–Crippen LogP) is 2.29. The van der Waals surface area contributed by atoms with Gasteiger partial charge in [0.15, 0.2) is 0 Å². The van der Waals surface area contributed by atoms with E-state index >= 15 is 0 Å². The minimum absolute atomic E-state index is 0.0618. The van der Waals surface area contributed by atoms with Gasteiger partial charge in [0.25, 0.3) is 5.91 Å². The topological polar surface area (TPSA) is 64.4 Å². The van der Waals surface area contributed by atoms with Gasteiger partial charge in [-0.05, 0) is 25.5 Å². The first-order chi connectivity index (χ1) is 11.6. The molecule has 128 valence electrons. The molecular weight excluding hydrogens is 306 g/mol. The van der Waals surface area contributed by atoms with Crippen LogP contribution in [0.2, 0.25) is 0 Å². The largest absolute Gasteiger partial charge is 0.469 e. The van der Waals surface area contributed by atoms with Gasteiger partial charge < -0.3 is 14.2 Å². The summed E-state index contributed by atoms with van der Waals surface area (Å²) in [6.45, 7) is 3.65. The minimum Gasteiger partial charge on any atom is -0.469 e. The van der Waals surface area contributed by atoms with Gasteiger partial charge in [0.05, 0.1) is 19.9 Å². The monoisotopic (exact) mass is 329 g/mol. The minimum atomic E-state index is -0.313. The van der Waals surface area contributed by atoms with Gasteiger partial charge in [-0.25, -0.2) is 4.98 Å². The average Bonchev–Trinajstić information content (AvgIpc) is 3.10.